The lowest BCUT2D eigenvalue weighted by molar-refractivity contribution is -0.129. The van der Waals surface area contributed by atoms with Crippen molar-refractivity contribution >= 4 is 17.6 Å². The smallest absolute Gasteiger partial charge is 0.227 e. The number of carbonyl (C=O) groups excluding carboxylic acids is 3. The Morgan fingerprint density at radius 2 is 2.29 bits per heavy atom. The van der Waals surface area contributed by atoms with Crippen molar-refractivity contribution in [1.29, 1.82) is 0 Å². The highest BCUT2D eigenvalue weighted by Gasteiger charge is 2.19. The summed E-state index contributed by atoms with van der Waals surface area (Å²) in [6.45, 7) is 1.84. The Bertz CT molecular complexity index is 253. The second kappa shape index (κ2) is 4.74. The topological polar surface area (TPSA) is 75.3 Å². The van der Waals surface area contributed by atoms with Crippen LogP contribution in [0.15, 0.2) is 0 Å². The summed E-state index contributed by atoms with van der Waals surface area (Å²) < 4.78 is 0. The molecule has 0 aliphatic carbocycles. The molecule has 0 aromatic carbocycles. The van der Waals surface area contributed by atoms with Gasteiger partial charge in [0.25, 0.3) is 0 Å². The fourth-order valence-corrected chi connectivity index (χ4v) is 1.36. The van der Waals surface area contributed by atoms with Gasteiger partial charge in [0.2, 0.25) is 11.8 Å². The molecule has 1 aliphatic rings. The molecule has 1 unspecified atom stereocenters. The van der Waals surface area contributed by atoms with E-state index in [1.807, 2.05) is 0 Å². The molecule has 0 spiro atoms. The van der Waals surface area contributed by atoms with Crippen molar-refractivity contribution < 1.29 is 14.4 Å². The average molecular weight is 198 g/mol. The zero-order chi connectivity index (χ0) is 10.6. The van der Waals surface area contributed by atoms with E-state index in [2.05, 4.69) is 10.6 Å². The fraction of sp³-hybridized carbons (Fsp3) is 0.667. The molecule has 0 radical (unpaired) electrons. The van der Waals surface area contributed by atoms with Crippen LogP contribution in [0, 0.1) is 0 Å². The molecular formula is C9H14N2O3. The summed E-state index contributed by atoms with van der Waals surface area (Å²) in [4.78, 5) is 32.6. The van der Waals surface area contributed by atoms with E-state index in [4.69, 9.17) is 0 Å². The molecule has 0 aromatic rings. The summed E-state index contributed by atoms with van der Waals surface area (Å²) in [7, 11) is 0. The van der Waals surface area contributed by atoms with Gasteiger partial charge in [-0.1, -0.05) is 0 Å². The van der Waals surface area contributed by atoms with Crippen molar-refractivity contribution in [3.63, 3.8) is 0 Å². The molecule has 1 heterocycles. The van der Waals surface area contributed by atoms with Crippen molar-refractivity contribution in [2.75, 3.05) is 6.54 Å². The number of nitrogens with one attached hydrogen (secondary N) is 2. The van der Waals surface area contributed by atoms with Gasteiger partial charge in [0.1, 0.15) is 5.78 Å². The van der Waals surface area contributed by atoms with Crippen LogP contribution in [0.3, 0.4) is 0 Å². The van der Waals surface area contributed by atoms with Gasteiger partial charge in [-0.3, -0.25) is 14.4 Å². The third kappa shape index (κ3) is 3.55. The van der Waals surface area contributed by atoms with Gasteiger partial charge < -0.3 is 10.6 Å². The minimum Gasteiger partial charge on any atom is -0.354 e. The summed E-state index contributed by atoms with van der Waals surface area (Å²) in [6, 6.07) is -0.0282. The molecule has 5 heteroatoms. The number of rotatable bonds is 3. The second-order valence-electron chi connectivity index (χ2n) is 3.49. The fourth-order valence-electron chi connectivity index (χ4n) is 1.36. The number of piperidine rings is 1. The Balaban J connectivity index is 2.27. The van der Waals surface area contributed by atoms with E-state index in [9.17, 15) is 14.4 Å². The normalized spacial score (nSPS) is 21.2. The maximum Gasteiger partial charge on any atom is 0.227 e. The summed E-state index contributed by atoms with van der Waals surface area (Å²) in [6.07, 6.45) is 1.00. The van der Waals surface area contributed by atoms with Crippen LogP contribution >= 0.6 is 0 Å². The van der Waals surface area contributed by atoms with Crippen LogP contribution in [-0.2, 0) is 14.4 Å². The van der Waals surface area contributed by atoms with E-state index >= 15 is 0 Å². The largest absolute Gasteiger partial charge is 0.354 e. The first-order valence-corrected chi connectivity index (χ1v) is 4.63. The first-order chi connectivity index (χ1) is 6.58. The molecule has 0 aromatic heterocycles. The van der Waals surface area contributed by atoms with Crippen LogP contribution < -0.4 is 10.6 Å². The van der Waals surface area contributed by atoms with Crippen LogP contribution in [0.1, 0.15) is 26.2 Å². The number of amides is 2. The van der Waals surface area contributed by atoms with Gasteiger partial charge in [-0.25, -0.2) is 0 Å². The van der Waals surface area contributed by atoms with Crippen LogP contribution in [0.2, 0.25) is 0 Å². The number of hydrogen-bond donors (Lipinski definition) is 2. The third-order valence-corrected chi connectivity index (χ3v) is 2.04. The number of Topliss-reactive ketones (excluding diaryl/α,β-unsaturated/α-hetero) is 1. The monoisotopic (exact) mass is 198 g/mol. The molecule has 0 bridgehead atoms. The number of hydrogen-bond acceptors (Lipinski definition) is 3. The van der Waals surface area contributed by atoms with Crippen molar-refractivity contribution in [2.45, 2.75) is 32.2 Å². The van der Waals surface area contributed by atoms with Gasteiger partial charge >= 0.3 is 0 Å². The van der Waals surface area contributed by atoms with Crippen LogP contribution in [0.5, 0.6) is 0 Å². The van der Waals surface area contributed by atoms with Gasteiger partial charge in [-0.2, -0.15) is 0 Å². The Kier molecular flexibility index (Phi) is 3.62. The maximum atomic E-state index is 11.2. The summed E-state index contributed by atoms with van der Waals surface area (Å²) >= 11 is 0. The molecule has 1 rings (SSSR count). The minimum absolute atomic E-state index is 0.0158. The van der Waals surface area contributed by atoms with Gasteiger partial charge in [0.15, 0.2) is 0 Å². The number of ketones is 1. The third-order valence-electron chi connectivity index (χ3n) is 2.04. The Hall–Kier alpha value is -1.39. The Morgan fingerprint density at radius 1 is 1.57 bits per heavy atom. The zero-order valence-corrected chi connectivity index (χ0v) is 8.13. The van der Waals surface area contributed by atoms with Crippen LogP contribution in [0.25, 0.3) is 0 Å². The van der Waals surface area contributed by atoms with Crippen molar-refractivity contribution in [1.82, 2.24) is 10.6 Å². The Morgan fingerprint density at radius 3 is 2.79 bits per heavy atom. The molecule has 2 N–H and O–H groups in total. The first kappa shape index (κ1) is 10.7. The summed E-state index contributed by atoms with van der Waals surface area (Å²) in [5.41, 5.74) is 0. The minimum atomic E-state index is -0.265. The highest BCUT2D eigenvalue weighted by Crippen LogP contribution is 2.02. The Labute approximate surface area is 82.2 Å². The molecule has 14 heavy (non-hydrogen) atoms. The second-order valence-corrected chi connectivity index (χ2v) is 3.49. The van der Waals surface area contributed by atoms with E-state index in [1.165, 1.54) is 6.92 Å². The molecule has 0 saturated carbocycles. The lowest BCUT2D eigenvalue weighted by atomic mass is 10.1. The SMILES string of the molecule is CC(=O)CC(=O)NC1CCC(=O)NC1. The predicted molar refractivity (Wildman–Crippen MR) is 49.5 cm³/mol. The van der Waals surface area contributed by atoms with Crippen LogP contribution in [-0.4, -0.2) is 30.2 Å². The standard InChI is InChI=1S/C9H14N2O3/c1-6(12)4-9(14)11-7-2-3-8(13)10-5-7/h7H,2-5H2,1H3,(H,10,13)(H,11,14). The highest BCUT2D eigenvalue weighted by atomic mass is 16.2. The number of carbonyl (C=O) groups is 3. The first-order valence-electron chi connectivity index (χ1n) is 4.63. The van der Waals surface area contributed by atoms with E-state index in [1.54, 1.807) is 0 Å². The molecular weight excluding hydrogens is 184 g/mol. The lowest BCUT2D eigenvalue weighted by Crippen LogP contribution is -2.47. The maximum absolute atomic E-state index is 11.2. The zero-order valence-electron chi connectivity index (χ0n) is 8.13. The molecule has 1 saturated heterocycles. The summed E-state index contributed by atoms with van der Waals surface area (Å²) in [5.74, 6) is -0.400. The van der Waals surface area contributed by atoms with E-state index in [-0.39, 0.29) is 30.1 Å². The van der Waals surface area contributed by atoms with E-state index in [0.717, 1.165) is 0 Å². The predicted octanol–water partition coefficient (Wildman–Crippen LogP) is -0.640. The molecule has 1 aliphatic heterocycles. The molecule has 5 nitrogen and oxygen atoms in total. The van der Waals surface area contributed by atoms with Crippen molar-refractivity contribution in [3.8, 4) is 0 Å². The summed E-state index contributed by atoms with van der Waals surface area (Å²) in [5, 5.41) is 5.35. The van der Waals surface area contributed by atoms with Gasteiger partial charge in [0, 0.05) is 19.0 Å². The van der Waals surface area contributed by atoms with Gasteiger partial charge in [-0.15, -0.1) is 0 Å². The van der Waals surface area contributed by atoms with Gasteiger partial charge in [-0.05, 0) is 13.3 Å². The van der Waals surface area contributed by atoms with E-state index < -0.39 is 0 Å². The molecule has 2 amide bonds. The van der Waals surface area contributed by atoms with Crippen molar-refractivity contribution in [3.05, 3.63) is 0 Å². The van der Waals surface area contributed by atoms with Gasteiger partial charge in [0.05, 0.1) is 6.42 Å². The molecule has 1 fully saturated rings. The lowest BCUT2D eigenvalue weighted by Gasteiger charge is -2.23. The average Bonchev–Trinajstić information content (AvgIpc) is 2.07. The highest BCUT2D eigenvalue weighted by molar-refractivity contribution is 5.96. The van der Waals surface area contributed by atoms with Crippen molar-refractivity contribution in [2.24, 2.45) is 0 Å². The molecule has 78 valence electrons. The van der Waals surface area contributed by atoms with Crippen LogP contribution in [0.4, 0.5) is 0 Å². The van der Waals surface area contributed by atoms with E-state index in [0.29, 0.717) is 19.4 Å². The molecule has 1 atom stereocenters. The quantitative estimate of drug-likeness (QED) is 0.592.